The Morgan fingerprint density at radius 3 is 2.56 bits per heavy atom. The summed E-state index contributed by atoms with van der Waals surface area (Å²) in [6.07, 6.45) is 7.52. The summed E-state index contributed by atoms with van der Waals surface area (Å²) in [7, 11) is 0. The molecule has 2 aliphatic rings. The number of amides is 1. The van der Waals surface area contributed by atoms with Crippen LogP contribution in [0.15, 0.2) is 18.2 Å². The number of carbonyl (C=O) groups is 1. The van der Waals surface area contributed by atoms with Crippen molar-refractivity contribution in [1.29, 1.82) is 0 Å². The topological polar surface area (TPSA) is 75.5 Å². The number of non-ortho nitro benzene ring substituents is 1. The molecule has 6 nitrogen and oxygen atoms in total. The molecule has 0 radical (unpaired) electrons. The third-order valence-corrected chi connectivity index (χ3v) is 5.78. The zero-order valence-electron chi connectivity index (χ0n) is 14.2. The van der Waals surface area contributed by atoms with E-state index in [4.69, 9.17) is 11.6 Å². The van der Waals surface area contributed by atoms with Crippen molar-refractivity contribution in [1.82, 2.24) is 10.2 Å². The first-order chi connectivity index (χ1) is 12.0. The number of nitro groups is 1. The van der Waals surface area contributed by atoms with Gasteiger partial charge in [-0.15, -0.1) is 0 Å². The third kappa shape index (κ3) is 4.50. The summed E-state index contributed by atoms with van der Waals surface area (Å²) in [6.45, 7) is 2.79. The Morgan fingerprint density at radius 1 is 1.24 bits per heavy atom. The molecule has 25 heavy (non-hydrogen) atoms. The molecular weight excluding hydrogens is 342 g/mol. The first-order valence-corrected chi connectivity index (χ1v) is 9.38. The molecule has 1 aromatic rings. The fourth-order valence-corrected chi connectivity index (χ4v) is 4.13. The summed E-state index contributed by atoms with van der Waals surface area (Å²) in [5.74, 6) is 0.117. The molecule has 1 saturated carbocycles. The molecular formula is C18H24ClN3O3. The fraction of sp³-hybridized carbons (Fsp3) is 0.611. The number of benzene rings is 1. The van der Waals surface area contributed by atoms with E-state index in [-0.39, 0.29) is 22.2 Å². The molecule has 1 aliphatic carbocycles. The predicted octanol–water partition coefficient (Wildman–Crippen LogP) is 3.63. The van der Waals surface area contributed by atoms with Crippen molar-refractivity contribution in [3.63, 3.8) is 0 Å². The van der Waals surface area contributed by atoms with Crippen molar-refractivity contribution >= 4 is 23.2 Å². The summed E-state index contributed by atoms with van der Waals surface area (Å²) in [4.78, 5) is 25.3. The van der Waals surface area contributed by atoms with Crippen LogP contribution in [0, 0.1) is 16.0 Å². The van der Waals surface area contributed by atoms with Gasteiger partial charge in [0.1, 0.15) is 0 Å². The standard InChI is InChI=1S/C18H24ClN3O3/c19-17-6-5-15(22(24)25)11-16(17)18(23)20-12-13-7-9-21(10-8-13)14-3-1-2-4-14/h5-6,11,13-14H,1-4,7-10,12H2,(H,20,23). The molecule has 1 aliphatic heterocycles. The van der Waals surface area contributed by atoms with E-state index < -0.39 is 4.92 Å². The lowest BCUT2D eigenvalue weighted by Crippen LogP contribution is -2.42. The van der Waals surface area contributed by atoms with Crippen molar-refractivity contribution < 1.29 is 9.72 Å². The lowest BCUT2D eigenvalue weighted by atomic mass is 9.95. The van der Waals surface area contributed by atoms with E-state index in [1.807, 2.05) is 0 Å². The summed E-state index contributed by atoms with van der Waals surface area (Å²) in [5, 5.41) is 14.0. The van der Waals surface area contributed by atoms with E-state index in [0.717, 1.165) is 32.0 Å². The number of likely N-dealkylation sites (tertiary alicyclic amines) is 1. The molecule has 3 rings (SSSR count). The second-order valence-corrected chi connectivity index (χ2v) is 7.46. The Balaban J connectivity index is 1.50. The highest BCUT2D eigenvalue weighted by Crippen LogP contribution is 2.28. The zero-order chi connectivity index (χ0) is 17.8. The maximum Gasteiger partial charge on any atom is 0.270 e. The Bertz CT molecular complexity index is 638. The van der Waals surface area contributed by atoms with Crippen LogP contribution in [-0.4, -0.2) is 41.4 Å². The van der Waals surface area contributed by atoms with Crippen LogP contribution in [-0.2, 0) is 0 Å². The number of piperidine rings is 1. The molecule has 2 fully saturated rings. The van der Waals surface area contributed by atoms with Crippen LogP contribution in [0.2, 0.25) is 5.02 Å². The van der Waals surface area contributed by atoms with Gasteiger partial charge in [-0.05, 0) is 50.8 Å². The first kappa shape index (κ1) is 18.1. The molecule has 136 valence electrons. The molecule has 1 amide bonds. The van der Waals surface area contributed by atoms with Crippen molar-refractivity contribution in [2.75, 3.05) is 19.6 Å². The van der Waals surface area contributed by atoms with Crippen LogP contribution >= 0.6 is 11.6 Å². The van der Waals surface area contributed by atoms with Crippen LogP contribution in [0.5, 0.6) is 0 Å². The highest BCUT2D eigenvalue weighted by atomic mass is 35.5. The van der Waals surface area contributed by atoms with E-state index in [0.29, 0.717) is 12.5 Å². The molecule has 0 unspecified atom stereocenters. The van der Waals surface area contributed by atoms with E-state index in [1.54, 1.807) is 0 Å². The molecule has 0 aromatic heterocycles. The minimum absolute atomic E-state index is 0.126. The van der Waals surface area contributed by atoms with Crippen molar-refractivity contribution in [3.05, 3.63) is 38.9 Å². The van der Waals surface area contributed by atoms with Gasteiger partial charge in [-0.1, -0.05) is 24.4 Å². The van der Waals surface area contributed by atoms with Gasteiger partial charge in [0.25, 0.3) is 11.6 Å². The number of nitrogens with zero attached hydrogens (tertiary/aromatic N) is 2. The first-order valence-electron chi connectivity index (χ1n) is 9.01. The van der Waals surface area contributed by atoms with Gasteiger partial charge in [0, 0.05) is 24.7 Å². The molecule has 1 heterocycles. The van der Waals surface area contributed by atoms with E-state index in [9.17, 15) is 14.9 Å². The quantitative estimate of drug-likeness (QED) is 0.638. The van der Waals surface area contributed by atoms with Gasteiger partial charge < -0.3 is 10.2 Å². The maximum absolute atomic E-state index is 12.3. The minimum atomic E-state index is -0.522. The third-order valence-electron chi connectivity index (χ3n) is 5.45. The number of nitro benzene ring substituents is 1. The maximum atomic E-state index is 12.3. The van der Waals surface area contributed by atoms with Gasteiger partial charge in [-0.2, -0.15) is 0 Å². The van der Waals surface area contributed by atoms with E-state index in [2.05, 4.69) is 10.2 Å². The van der Waals surface area contributed by atoms with Crippen LogP contribution < -0.4 is 5.32 Å². The average Bonchev–Trinajstić information content (AvgIpc) is 3.15. The SMILES string of the molecule is O=C(NCC1CCN(C2CCCC2)CC1)c1cc([N+](=O)[O-])ccc1Cl. The molecule has 0 bridgehead atoms. The second kappa shape index (κ2) is 8.15. The molecule has 1 N–H and O–H groups in total. The Labute approximate surface area is 152 Å². The molecule has 1 saturated heterocycles. The second-order valence-electron chi connectivity index (χ2n) is 7.05. The number of hydrogen-bond acceptors (Lipinski definition) is 4. The molecule has 0 spiro atoms. The summed E-state index contributed by atoms with van der Waals surface area (Å²) in [6, 6.07) is 4.70. The highest BCUT2D eigenvalue weighted by Gasteiger charge is 2.27. The smallest absolute Gasteiger partial charge is 0.270 e. The molecule has 0 atom stereocenters. The monoisotopic (exact) mass is 365 g/mol. The van der Waals surface area contributed by atoms with Gasteiger partial charge in [0.2, 0.25) is 0 Å². The largest absolute Gasteiger partial charge is 0.352 e. The fourth-order valence-electron chi connectivity index (χ4n) is 3.92. The zero-order valence-corrected chi connectivity index (χ0v) is 15.0. The van der Waals surface area contributed by atoms with Crippen molar-refractivity contribution in [2.24, 2.45) is 5.92 Å². The van der Waals surface area contributed by atoms with Crippen LogP contribution in [0.3, 0.4) is 0 Å². The van der Waals surface area contributed by atoms with E-state index in [1.165, 1.54) is 43.9 Å². The van der Waals surface area contributed by atoms with Gasteiger partial charge in [0.15, 0.2) is 0 Å². The van der Waals surface area contributed by atoms with Crippen LogP contribution in [0.1, 0.15) is 48.9 Å². The lowest BCUT2D eigenvalue weighted by molar-refractivity contribution is -0.384. The summed E-state index contributed by atoms with van der Waals surface area (Å²) < 4.78 is 0. The minimum Gasteiger partial charge on any atom is -0.352 e. The number of carbonyl (C=O) groups excluding carboxylic acids is 1. The van der Waals surface area contributed by atoms with Crippen molar-refractivity contribution in [2.45, 2.75) is 44.6 Å². The number of nitrogens with one attached hydrogen (secondary N) is 1. The van der Waals surface area contributed by atoms with Crippen molar-refractivity contribution in [3.8, 4) is 0 Å². The number of hydrogen-bond donors (Lipinski definition) is 1. The highest BCUT2D eigenvalue weighted by molar-refractivity contribution is 6.33. The average molecular weight is 366 g/mol. The Hall–Kier alpha value is -1.66. The Kier molecular flexibility index (Phi) is 5.91. The van der Waals surface area contributed by atoms with Gasteiger partial charge >= 0.3 is 0 Å². The van der Waals surface area contributed by atoms with Crippen LogP contribution in [0.4, 0.5) is 5.69 Å². The predicted molar refractivity (Wildman–Crippen MR) is 97.0 cm³/mol. The summed E-state index contributed by atoms with van der Waals surface area (Å²) >= 11 is 6.02. The normalized spacial score (nSPS) is 19.9. The van der Waals surface area contributed by atoms with Gasteiger partial charge in [-0.3, -0.25) is 14.9 Å². The number of rotatable bonds is 5. The van der Waals surface area contributed by atoms with Gasteiger partial charge in [-0.25, -0.2) is 0 Å². The summed E-state index contributed by atoms with van der Waals surface area (Å²) in [5.41, 5.74) is 0.0404. The number of halogens is 1. The van der Waals surface area contributed by atoms with Gasteiger partial charge in [0.05, 0.1) is 15.5 Å². The molecule has 1 aromatic carbocycles. The van der Waals surface area contributed by atoms with E-state index >= 15 is 0 Å². The lowest BCUT2D eigenvalue weighted by Gasteiger charge is -2.36. The Morgan fingerprint density at radius 2 is 1.92 bits per heavy atom. The molecule has 7 heteroatoms. The van der Waals surface area contributed by atoms with Crippen LogP contribution in [0.25, 0.3) is 0 Å².